The van der Waals surface area contributed by atoms with Crippen molar-refractivity contribution in [3.63, 3.8) is 0 Å². The zero-order chi connectivity index (χ0) is 15.7. The molecule has 2 unspecified atom stereocenters. The van der Waals surface area contributed by atoms with E-state index >= 15 is 0 Å². The maximum absolute atomic E-state index is 10.5. The maximum Gasteiger partial charge on any atom is 0.306 e. The number of aromatic nitrogens is 2. The van der Waals surface area contributed by atoms with Crippen LogP contribution in [0.25, 0.3) is 0 Å². The molecule has 0 aromatic carbocycles. The molecule has 1 heterocycles. The van der Waals surface area contributed by atoms with Gasteiger partial charge in [-0.05, 0) is 18.9 Å². The van der Waals surface area contributed by atoms with Crippen molar-refractivity contribution in [2.75, 3.05) is 13.1 Å². The summed E-state index contributed by atoms with van der Waals surface area (Å²) < 4.78 is 1.40. The van der Waals surface area contributed by atoms with Gasteiger partial charge in [0.2, 0.25) is 0 Å². The molecule has 0 saturated heterocycles. The molecule has 0 spiro atoms. The number of rotatable bonds is 11. The molecule has 0 saturated carbocycles. The van der Waals surface area contributed by atoms with Crippen molar-refractivity contribution in [3.8, 4) is 0 Å². The van der Waals surface area contributed by atoms with E-state index in [1.807, 2.05) is 0 Å². The highest BCUT2D eigenvalue weighted by molar-refractivity contribution is 5.20. The molecule has 1 rings (SSSR count). The van der Waals surface area contributed by atoms with Crippen molar-refractivity contribution >= 4 is 5.69 Å². The Labute approximate surface area is 125 Å². The van der Waals surface area contributed by atoms with Gasteiger partial charge in [-0.3, -0.25) is 14.8 Å². The minimum Gasteiger partial charge on any atom is -0.390 e. The molecule has 0 radical (unpaired) electrons. The molecule has 0 amide bonds. The summed E-state index contributed by atoms with van der Waals surface area (Å²) in [4.78, 5) is 10.1. The molecule has 0 bridgehead atoms. The summed E-state index contributed by atoms with van der Waals surface area (Å²) >= 11 is 0. The van der Waals surface area contributed by atoms with Crippen LogP contribution >= 0.6 is 0 Å². The molecule has 21 heavy (non-hydrogen) atoms. The number of nitro groups is 1. The molecule has 0 aliphatic carbocycles. The van der Waals surface area contributed by atoms with Crippen LogP contribution in [-0.2, 0) is 6.54 Å². The summed E-state index contributed by atoms with van der Waals surface area (Å²) in [5, 5.41) is 27.6. The van der Waals surface area contributed by atoms with Crippen molar-refractivity contribution < 1.29 is 10.0 Å². The molecule has 1 aromatic heterocycles. The Morgan fingerprint density at radius 2 is 2.24 bits per heavy atom. The largest absolute Gasteiger partial charge is 0.390 e. The van der Waals surface area contributed by atoms with Gasteiger partial charge in [0.05, 0.1) is 17.6 Å². The van der Waals surface area contributed by atoms with Crippen LogP contribution in [0.2, 0.25) is 0 Å². The molecule has 2 atom stereocenters. The summed E-state index contributed by atoms with van der Waals surface area (Å²) in [5.74, 6) is 0.642. The van der Waals surface area contributed by atoms with E-state index in [1.54, 1.807) is 0 Å². The van der Waals surface area contributed by atoms with Crippen LogP contribution in [0.4, 0.5) is 5.69 Å². The van der Waals surface area contributed by atoms with Gasteiger partial charge in [-0.1, -0.05) is 33.1 Å². The van der Waals surface area contributed by atoms with E-state index in [1.165, 1.54) is 36.3 Å². The van der Waals surface area contributed by atoms with Gasteiger partial charge in [0, 0.05) is 6.54 Å². The smallest absolute Gasteiger partial charge is 0.306 e. The molecule has 0 aliphatic rings. The normalized spacial score (nSPS) is 14.0. The molecular weight excluding hydrogens is 272 g/mol. The number of nitrogens with one attached hydrogen (secondary N) is 1. The fourth-order valence-electron chi connectivity index (χ4n) is 2.22. The van der Waals surface area contributed by atoms with E-state index in [-0.39, 0.29) is 12.2 Å². The third-order valence-corrected chi connectivity index (χ3v) is 3.58. The second-order valence-electron chi connectivity index (χ2n) is 5.41. The maximum atomic E-state index is 10.5. The van der Waals surface area contributed by atoms with E-state index < -0.39 is 11.0 Å². The molecule has 7 heteroatoms. The number of aliphatic hydroxyl groups is 1. The minimum atomic E-state index is -0.604. The Morgan fingerprint density at radius 3 is 2.81 bits per heavy atom. The van der Waals surface area contributed by atoms with Crippen LogP contribution < -0.4 is 5.32 Å². The summed E-state index contributed by atoms with van der Waals surface area (Å²) in [5.41, 5.74) is -0.0548. The van der Waals surface area contributed by atoms with Crippen LogP contribution in [0.3, 0.4) is 0 Å². The molecule has 120 valence electrons. The summed E-state index contributed by atoms with van der Waals surface area (Å²) in [7, 11) is 0. The fourth-order valence-corrected chi connectivity index (χ4v) is 2.22. The molecular formula is C14H26N4O3. The topological polar surface area (TPSA) is 93.2 Å². The Bertz CT molecular complexity index is 422. The van der Waals surface area contributed by atoms with Gasteiger partial charge in [0.25, 0.3) is 0 Å². The first-order chi connectivity index (χ1) is 10.1. The first-order valence-corrected chi connectivity index (χ1v) is 7.62. The Hall–Kier alpha value is -1.47. The molecule has 1 aromatic rings. The van der Waals surface area contributed by atoms with Gasteiger partial charge in [0.1, 0.15) is 12.4 Å². The van der Waals surface area contributed by atoms with Gasteiger partial charge in [-0.15, -0.1) is 0 Å². The minimum absolute atomic E-state index is 0.0548. The summed E-state index contributed by atoms with van der Waals surface area (Å²) in [6, 6.07) is 0. The highest BCUT2D eigenvalue weighted by atomic mass is 16.6. The van der Waals surface area contributed by atoms with Crippen LogP contribution in [0.1, 0.15) is 39.5 Å². The van der Waals surface area contributed by atoms with Crippen LogP contribution in [0.5, 0.6) is 0 Å². The van der Waals surface area contributed by atoms with Gasteiger partial charge < -0.3 is 10.4 Å². The lowest BCUT2D eigenvalue weighted by molar-refractivity contribution is -0.385. The second-order valence-corrected chi connectivity index (χ2v) is 5.41. The standard InChI is InChI=1S/C14H26N4O3/c1-3-5-6-12(4-2)7-15-9-14(19)11-17-10-13(8-16-17)18(20)21/h8,10,12,14-15,19H,3-7,9,11H2,1-2H3. The fraction of sp³-hybridized carbons (Fsp3) is 0.786. The zero-order valence-corrected chi connectivity index (χ0v) is 12.9. The van der Waals surface area contributed by atoms with Gasteiger partial charge in [-0.25, -0.2) is 0 Å². The third kappa shape index (κ3) is 6.68. The Morgan fingerprint density at radius 1 is 1.48 bits per heavy atom. The lowest BCUT2D eigenvalue weighted by Crippen LogP contribution is -2.33. The highest BCUT2D eigenvalue weighted by Crippen LogP contribution is 2.11. The van der Waals surface area contributed by atoms with Crippen molar-refractivity contribution in [2.24, 2.45) is 5.92 Å². The summed E-state index contributed by atoms with van der Waals surface area (Å²) in [6.45, 7) is 5.99. The zero-order valence-electron chi connectivity index (χ0n) is 12.9. The predicted octanol–water partition coefficient (Wildman–Crippen LogP) is 1.96. The average Bonchev–Trinajstić information content (AvgIpc) is 2.91. The predicted molar refractivity (Wildman–Crippen MR) is 81.1 cm³/mol. The van der Waals surface area contributed by atoms with Crippen molar-refractivity contribution in [1.29, 1.82) is 0 Å². The van der Waals surface area contributed by atoms with Crippen LogP contribution in [0.15, 0.2) is 12.4 Å². The van der Waals surface area contributed by atoms with Crippen molar-refractivity contribution in [3.05, 3.63) is 22.5 Å². The van der Waals surface area contributed by atoms with Crippen LogP contribution in [-0.4, -0.2) is 39.0 Å². The lowest BCUT2D eigenvalue weighted by Gasteiger charge is -2.17. The summed E-state index contributed by atoms with van der Waals surface area (Å²) in [6.07, 6.45) is 6.71. The Balaban J connectivity index is 2.26. The van der Waals surface area contributed by atoms with Gasteiger partial charge in [-0.2, -0.15) is 5.10 Å². The van der Waals surface area contributed by atoms with E-state index in [0.29, 0.717) is 12.5 Å². The second kappa shape index (κ2) is 9.46. The van der Waals surface area contributed by atoms with Gasteiger partial charge >= 0.3 is 5.69 Å². The first kappa shape index (κ1) is 17.6. The number of unbranched alkanes of at least 4 members (excludes halogenated alkanes) is 1. The average molecular weight is 298 g/mol. The van der Waals surface area contributed by atoms with Crippen LogP contribution in [0, 0.1) is 16.0 Å². The number of aliphatic hydroxyl groups excluding tert-OH is 1. The first-order valence-electron chi connectivity index (χ1n) is 7.62. The quantitative estimate of drug-likeness (QED) is 0.481. The van der Waals surface area contributed by atoms with E-state index in [4.69, 9.17) is 0 Å². The molecule has 0 fully saturated rings. The molecule has 0 aliphatic heterocycles. The van der Waals surface area contributed by atoms with E-state index in [0.717, 1.165) is 13.0 Å². The number of hydrogen-bond acceptors (Lipinski definition) is 5. The van der Waals surface area contributed by atoms with Gasteiger partial charge in [0.15, 0.2) is 0 Å². The van der Waals surface area contributed by atoms with E-state index in [2.05, 4.69) is 24.3 Å². The van der Waals surface area contributed by atoms with E-state index in [9.17, 15) is 15.2 Å². The van der Waals surface area contributed by atoms with Crippen molar-refractivity contribution in [1.82, 2.24) is 15.1 Å². The number of hydrogen-bond donors (Lipinski definition) is 2. The Kier molecular flexibility index (Phi) is 7.92. The monoisotopic (exact) mass is 298 g/mol. The SMILES string of the molecule is CCCCC(CC)CNCC(O)Cn1cc([N+](=O)[O-])cn1. The van der Waals surface area contributed by atoms with Crippen molar-refractivity contribution in [2.45, 2.75) is 52.2 Å². The third-order valence-electron chi connectivity index (χ3n) is 3.58. The number of nitrogens with zero attached hydrogens (tertiary/aromatic N) is 3. The highest BCUT2D eigenvalue weighted by Gasteiger charge is 2.12. The molecule has 2 N–H and O–H groups in total. The lowest BCUT2D eigenvalue weighted by atomic mass is 9.99. The molecule has 7 nitrogen and oxygen atoms in total.